The van der Waals surface area contributed by atoms with E-state index in [0.717, 1.165) is 19.6 Å². The van der Waals surface area contributed by atoms with Gasteiger partial charge in [0, 0.05) is 41.8 Å². The molecule has 0 saturated carbocycles. The van der Waals surface area contributed by atoms with Crippen molar-refractivity contribution in [2.75, 3.05) is 13.1 Å². The van der Waals surface area contributed by atoms with Crippen LogP contribution >= 0.6 is 16.1 Å². The molecule has 4 heteroatoms. The van der Waals surface area contributed by atoms with Gasteiger partial charge in [0.1, 0.15) is 0 Å². The van der Waals surface area contributed by atoms with Gasteiger partial charge in [-0.1, -0.05) is 152 Å². The second kappa shape index (κ2) is 12.8. The van der Waals surface area contributed by atoms with E-state index >= 15 is 0 Å². The number of hydrogen-bond donors (Lipinski definition) is 0. The molecule has 0 bridgehead atoms. The van der Waals surface area contributed by atoms with Crippen molar-refractivity contribution in [3.63, 3.8) is 0 Å². The molecule has 1 fully saturated rings. The fourth-order valence-corrected chi connectivity index (χ4v) is 11.8. The number of benzene rings is 5. The summed E-state index contributed by atoms with van der Waals surface area (Å²) in [5.74, 6) is 0. The lowest BCUT2D eigenvalue weighted by Crippen LogP contribution is -2.39. The number of nitrogens with zero attached hydrogens (tertiary/aromatic N) is 2. The summed E-state index contributed by atoms with van der Waals surface area (Å²) in [6.07, 6.45) is 1.17. The second-order valence-electron chi connectivity index (χ2n) is 9.95. The number of likely N-dealkylation sites (tertiary alicyclic amines) is 1. The van der Waals surface area contributed by atoms with E-state index in [2.05, 4.69) is 161 Å². The normalized spacial score (nSPS) is 15.8. The van der Waals surface area contributed by atoms with Gasteiger partial charge in [-0.05, 0) is 33.2 Å². The lowest BCUT2D eigenvalue weighted by Gasteiger charge is -2.43. The van der Waals surface area contributed by atoms with Crippen molar-refractivity contribution in [3.05, 3.63) is 157 Å². The summed E-state index contributed by atoms with van der Waals surface area (Å²) in [7, 11) is -1.51. The third kappa shape index (κ3) is 6.22. The molecule has 1 aliphatic rings. The summed E-state index contributed by atoms with van der Waals surface area (Å²) >= 11 is 0. The average Bonchev–Trinajstić information content (AvgIpc) is 3.47. The zero-order valence-corrected chi connectivity index (χ0v) is 23.9. The molecule has 5 aromatic carbocycles. The van der Waals surface area contributed by atoms with E-state index < -0.39 is 16.1 Å². The maximum absolute atomic E-state index is 2.95. The summed E-state index contributed by atoms with van der Waals surface area (Å²) < 4.78 is 2.95. The quantitative estimate of drug-likeness (QED) is 0.192. The van der Waals surface area contributed by atoms with Crippen molar-refractivity contribution in [2.45, 2.75) is 19.0 Å². The summed E-state index contributed by atoms with van der Waals surface area (Å²) in [5.41, 5.74) is 1.39. The van der Waals surface area contributed by atoms with Gasteiger partial charge in [-0.2, -0.15) is 0 Å². The first-order valence-corrected chi connectivity index (χ1v) is 16.3. The predicted octanol–water partition coefficient (Wildman–Crippen LogP) is 6.66. The maximum atomic E-state index is 2.95. The van der Waals surface area contributed by atoms with E-state index in [-0.39, 0.29) is 0 Å². The highest BCUT2D eigenvalue weighted by atomic mass is 31.2. The van der Waals surface area contributed by atoms with Crippen LogP contribution in [-0.2, 0) is 6.54 Å². The third-order valence-electron chi connectivity index (χ3n) is 7.24. The highest BCUT2D eigenvalue weighted by Gasteiger charge is 2.39. The molecule has 5 aromatic rings. The lowest BCUT2D eigenvalue weighted by atomic mass is 10.2. The fraction of sp³-hybridized carbons (Fsp3) is 0.143. The molecule has 0 N–H and O–H groups in total. The summed E-state index contributed by atoms with van der Waals surface area (Å²) in [5, 5.41) is 5.67. The van der Waals surface area contributed by atoms with Gasteiger partial charge < -0.3 is 0 Å². The Kier molecular flexibility index (Phi) is 8.59. The topological polar surface area (TPSA) is 6.48 Å². The fourth-order valence-electron chi connectivity index (χ4n) is 5.45. The van der Waals surface area contributed by atoms with Crippen molar-refractivity contribution < 1.29 is 0 Å². The molecule has 1 unspecified atom stereocenters. The zero-order chi connectivity index (χ0) is 26.3. The average molecular weight is 545 g/mol. The minimum absolute atomic E-state index is 0.451. The van der Waals surface area contributed by atoms with E-state index in [9.17, 15) is 0 Å². The summed E-state index contributed by atoms with van der Waals surface area (Å²) in [6, 6.07) is 56.3. The Morgan fingerprint density at radius 1 is 0.513 bits per heavy atom. The van der Waals surface area contributed by atoms with Crippen LogP contribution in [0.4, 0.5) is 0 Å². The molecule has 194 valence electrons. The van der Waals surface area contributed by atoms with Gasteiger partial charge in [-0.3, -0.25) is 4.90 Å². The van der Waals surface area contributed by atoms with E-state index in [1.165, 1.54) is 33.2 Å². The highest BCUT2D eigenvalue weighted by Crippen LogP contribution is 2.57. The van der Waals surface area contributed by atoms with Gasteiger partial charge in [0.2, 0.25) is 0 Å². The molecule has 2 nitrogen and oxygen atoms in total. The third-order valence-corrected chi connectivity index (χ3v) is 12.9. The first-order chi connectivity index (χ1) is 19.4. The number of rotatable bonds is 9. The summed E-state index contributed by atoms with van der Waals surface area (Å²) in [4.78, 5) is 2.65. The minimum Gasteiger partial charge on any atom is -0.297 e. The predicted molar refractivity (Wildman–Crippen MR) is 170 cm³/mol. The first kappa shape index (κ1) is 26.1. The standard InChI is InChI=1S/C35H34N2P2/c1-6-16-30(17-7-1)28-36-27-26-31(29-36)37(38(32-18-8-2-9-19-32)33-20-10-3-11-21-33)39(34-22-12-4-13-23-34)35-24-14-5-15-25-35/h1-25,31H,26-29H2. The van der Waals surface area contributed by atoms with E-state index in [4.69, 9.17) is 0 Å². The van der Waals surface area contributed by atoms with Crippen LogP contribution < -0.4 is 21.2 Å². The van der Waals surface area contributed by atoms with Crippen LogP contribution in [0.5, 0.6) is 0 Å². The molecule has 6 rings (SSSR count). The molecule has 0 radical (unpaired) electrons. The molecule has 0 amide bonds. The van der Waals surface area contributed by atoms with Gasteiger partial charge >= 0.3 is 0 Å². The largest absolute Gasteiger partial charge is 0.297 e. The Labute approximate surface area is 235 Å². The molecule has 0 aliphatic carbocycles. The van der Waals surface area contributed by atoms with Crippen molar-refractivity contribution >= 4 is 37.4 Å². The van der Waals surface area contributed by atoms with Crippen molar-refractivity contribution in [2.24, 2.45) is 0 Å². The molecule has 0 aromatic heterocycles. The van der Waals surface area contributed by atoms with Crippen LogP contribution in [0.1, 0.15) is 12.0 Å². The summed E-state index contributed by atoms with van der Waals surface area (Å²) in [6.45, 7) is 3.20. The van der Waals surface area contributed by atoms with Crippen molar-refractivity contribution in [1.82, 2.24) is 9.34 Å². The van der Waals surface area contributed by atoms with E-state index in [1.54, 1.807) is 0 Å². The van der Waals surface area contributed by atoms with Gasteiger partial charge in [0.05, 0.1) is 0 Å². The Morgan fingerprint density at radius 3 is 1.26 bits per heavy atom. The Balaban J connectivity index is 1.47. The van der Waals surface area contributed by atoms with Gasteiger partial charge in [-0.15, -0.1) is 0 Å². The molecule has 1 atom stereocenters. The van der Waals surface area contributed by atoms with Crippen LogP contribution in [0.15, 0.2) is 152 Å². The molecule has 39 heavy (non-hydrogen) atoms. The molecule has 1 heterocycles. The molecule has 1 saturated heterocycles. The molecule has 0 spiro atoms. The Hall–Kier alpha value is -3.12. The van der Waals surface area contributed by atoms with Crippen LogP contribution in [0.2, 0.25) is 0 Å². The van der Waals surface area contributed by atoms with Crippen LogP contribution in [0, 0.1) is 0 Å². The smallest absolute Gasteiger partial charge is 0.0326 e. The van der Waals surface area contributed by atoms with Gasteiger partial charge in [0.25, 0.3) is 0 Å². The molecular weight excluding hydrogens is 510 g/mol. The number of hydrogen-bond acceptors (Lipinski definition) is 2. The maximum Gasteiger partial charge on any atom is 0.0326 e. The van der Waals surface area contributed by atoms with E-state index in [1.807, 2.05) is 0 Å². The highest BCUT2D eigenvalue weighted by molar-refractivity contribution is 7.84. The zero-order valence-electron chi connectivity index (χ0n) is 22.1. The SMILES string of the molecule is c1ccc(CN2CCC(N(P(c3ccccc3)c3ccccc3)P(c3ccccc3)c3ccccc3)C2)cc1. The van der Waals surface area contributed by atoms with E-state index in [0.29, 0.717) is 6.04 Å². The van der Waals surface area contributed by atoms with Crippen LogP contribution in [0.25, 0.3) is 0 Å². The Morgan fingerprint density at radius 2 is 0.872 bits per heavy atom. The van der Waals surface area contributed by atoms with Crippen molar-refractivity contribution in [1.29, 1.82) is 0 Å². The van der Waals surface area contributed by atoms with Crippen molar-refractivity contribution in [3.8, 4) is 0 Å². The van der Waals surface area contributed by atoms with Gasteiger partial charge in [0.15, 0.2) is 0 Å². The van der Waals surface area contributed by atoms with Crippen LogP contribution in [0.3, 0.4) is 0 Å². The first-order valence-electron chi connectivity index (χ1n) is 13.7. The lowest BCUT2D eigenvalue weighted by molar-refractivity contribution is 0.317. The minimum atomic E-state index is -0.755. The van der Waals surface area contributed by atoms with Gasteiger partial charge in [-0.25, -0.2) is 4.44 Å². The molecule has 1 aliphatic heterocycles. The Bertz CT molecular complexity index is 1250. The molecular formula is C35H34N2P2. The van der Waals surface area contributed by atoms with Crippen LogP contribution in [-0.4, -0.2) is 28.5 Å². The monoisotopic (exact) mass is 544 g/mol. The second-order valence-corrected chi connectivity index (χ2v) is 14.4.